The van der Waals surface area contributed by atoms with E-state index in [9.17, 15) is 4.79 Å². The molecule has 1 aliphatic carbocycles. The molecule has 1 N–H and O–H groups in total. The summed E-state index contributed by atoms with van der Waals surface area (Å²) in [5, 5.41) is 3.01. The first-order valence-corrected chi connectivity index (χ1v) is 10.4. The number of fused-ring (bicyclic) bond motifs is 1. The number of anilines is 1. The number of benzene rings is 2. The van der Waals surface area contributed by atoms with Crippen molar-refractivity contribution in [3.05, 3.63) is 71.7 Å². The van der Waals surface area contributed by atoms with E-state index < -0.39 is 0 Å². The summed E-state index contributed by atoms with van der Waals surface area (Å²) >= 11 is 0. The fraction of sp³-hybridized carbons (Fsp3) is 0.333. The molecule has 2 aliphatic rings. The number of hydrogen-bond acceptors (Lipinski definition) is 4. The minimum atomic E-state index is -0.248. The van der Waals surface area contributed by atoms with Gasteiger partial charge in [-0.1, -0.05) is 42.8 Å². The molecule has 5 heteroatoms. The van der Waals surface area contributed by atoms with Gasteiger partial charge >= 0.3 is 0 Å². The number of nitrogens with one attached hydrogen (secondary N) is 1. The van der Waals surface area contributed by atoms with E-state index in [1.54, 1.807) is 0 Å². The minimum absolute atomic E-state index is 0.248. The Hall–Kier alpha value is -2.92. The van der Waals surface area contributed by atoms with E-state index in [0.29, 0.717) is 11.5 Å². The number of aromatic nitrogens is 1. The fourth-order valence-electron chi connectivity index (χ4n) is 4.33. The molecular weight excluding hydrogens is 362 g/mol. The van der Waals surface area contributed by atoms with E-state index in [-0.39, 0.29) is 5.91 Å². The third kappa shape index (κ3) is 3.70. The summed E-state index contributed by atoms with van der Waals surface area (Å²) in [7, 11) is 0. The Morgan fingerprint density at radius 3 is 2.59 bits per heavy atom. The maximum Gasteiger partial charge on any atom is 0.278 e. The lowest BCUT2D eigenvalue weighted by atomic mass is 9.91. The van der Waals surface area contributed by atoms with Gasteiger partial charge in [0.15, 0.2) is 17.8 Å². The lowest BCUT2D eigenvalue weighted by molar-refractivity contribution is 0.102. The predicted molar refractivity (Wildman–Crippen MR) is 113 cm³/mol. The number of carbonyl (C=O) groups excluding carboxylic acids is 1. The predicted octanol–water partition coefficient (Wildman–Crippen LogP) is 4.55. The van der Waals surface area contributed by atoms with Gasteiger partial charge in [-0.05, 0) is 48.9 Å². The van der Waals surface area contributed by atoms with Crippen LogP contribution in [-0.4, -0.2) is 34.9 Å². The monoisotopic (exact) mass is 387 g/mol. The largest absolute Gasteiger partial charge is 0.443 e. The zero-order chi connectivity index (χ0) is 19.6. The van der Waals surface area contributed by atoms with Crippen LogP contribution in [0.2, 0.25) is 0 Å². The molecule has 0 spiro atoms. The molecule has 0 saturated heterocycles. The van der Waals surface area contributed by atoms with Crippen LogP contribution in [0.1, 0.15) is 40.9 Å². The van der Waals surface area contributed by atoms with Crippen LogP contribution in [0.4, 0.5) is 5.69 Å². The van der Waals surface area contributed by atoms with Crippen LogP contribution < -0.4 is 5.32 Å². The lowest BCUT2D eigenvalue weighted by Gasteiger charge is -2.36. The molecule has 2 heterocycles. The van der Waals surface area contributed by atoms with Gasteiger partial charge in [-0.2, -0.15) is 0 Å². The van der Waals surface area contributed by atoms with Crippen molar-refractivity contribution in [1.82, 2.24) is 9.88 Å². The first-order chi connectivity index (χ1) is 14.3. The fourth-order valence-corrected chi connectivity index (χ4v) is 4.33. The van der Waals surface area contributed by atoms with Crippen molar-refractivity contribution in [2.45, 2.75) is 38.1 Å². The van der Waals surface area contributed by atoms with Crippen molar-refractivity contribution < 1.29 is 9.21 Å². The Labute approximate surface area is 170 Å². The van der Waals surface area contributed by atoms with Gasteiger partial charge in [0.25, 0.3) is 5.91 Å². The molecule has 0 bridgehead atoms. The topological polar surface area (TPSA) is 58.4 Å². The van der Waals surface area contributed by atoms with Crippen molar-refractivity contribution in [1.29, 1.82) is 0 Å². The molecule has 0 unspecified atom stereocenters. The molecule has 1 aliphatic heterocycles. The van der Waals surface area contributed by atoms with Crippen molar-refractivity contribution >= 4 is 11.6 Å². The first kappa shape index (κ1) is 18.1. The van der Waals surface area contributed by atoms with Crippen molar-refractivity contribution in [2.75, 3.05) is 18.4 Å². The summed E-state index contributed by atoms with van der Waals surface area (Å²) in [5.74, 6) is 0.247. The highest BCUT2D eigenvalue weighted by atomic mass is 16.3. The highest BCUT2D eigenvalue weighted by Crippen LogP contribution is 2.29. The Bertz CT molecular complexity index is 1010. The molecule has 5 rings (SSSR count). The molecule has 0 atom stereocenters. The van der Waals surface area contributed by atoms with E-state index >= 15 is 0 Å². The number of nitrogens with zero attached hydrogens (tertiary/aromatic N) is 2. The molecule has 0 radical (unpaired) electrons. The Kier molecular flexibility index (Phi) is 4.90. The molecular formula is C24H25N3O2. The van der Waals surface area contributed by atoms with E-state index in [2.05, 4.69) is 27.3 Å². The van der Waals surface area contributed by atoms with Crippen molar-refractivity contribution in [3.8, 4) is 11.3 Å². The summed E-state index contributed by atoms with van der Waals surface area (Å²) in [4.78, 5) is 19.6. The first-order valence-electron chi connectivity index (χ1n) is 10.4. The zero-order valence-corrected chi connectivity index (χ0v) is 16.4. The van der Waals surface area contributed by atoms with E-state index in [1.165, 1.54) is 36.8 Å². The van der Waals surface area contributed by atoms with Gasteiger partial charge in [0.2, 0.25) is 0 Å². The maximum atomic E-state index is 12.9. The van der Waals surface area contributed by atoms with Gasteiger partial charge in [-0.25, -0.2) is 4.98 Å². The van der Waals surface area contributed by atoms with E-state index in [0.717, 1.165) is 43.2 Å². The van der Waals surface area contributed by atoms with Gasteiger partial charge in [-0.3, -0.25) is 9.69 Å². The normalized spacial score (nSPS) is 17.2. The standard InChI is InChI=1S/C24H25N3O2/c28-24(22-23(29-16-25-22)18-5-2-1-3-6-18)26-20-10-9-17-11-13-27(21-7-4-8-21)14-12-19(17)15-20/h1-3,5-6,9-10,15-16,21H,4,7-8,11-14H2,(H,26,28). The Balaban J connectivity index is 1.32. The number of oxazole rings is 1. The van der Waals surface area contributed by atoms with Crippen LogP contribution in [0.15, 0.2) is 59.3 Å². The molecule has 3 aromatic rings. The van der Waals surface area contributed by atoms with E-state index in [1.807, 2.05) is 36.4 Å². The highest BCUT2D eigenvalue weighted by molar-refractivity contribution is 6.06. The third-order valence-corrected chi connectivity index (χ3v) is 6.21. The molecule has 1 aromatic heterocycles. The molecule has 1 saturated carbocycles. The quantitative estimate of drug-likeness (QED) is 0.714. The smallest absolute Gasteiger partial charge is 0.278 e. The zero-order valence-electron chi connectivity index (χ0n) is 16.4. The number of carbonyl (C=O) groups is 1. The van der Waals surface area contributed by atoms with Crippen LogP contribution in [0.5, 0.6) is 0 Å². The van der Waals surface area contributed by atoms with Gasteiger partial charge in [-0.15, -0.1) is 0 Å². The average Bonchev–Trinajstić information content (AvgIpc) is 3.11. The van der Waals surface area contributed by atoms with Crippen LogP contribution >= 0.6 is 0 Å². The molecule has 148 valence electrons. The average molecular weight is 387 g/mol. The van der Waals surface area contributed by atoms with Gasteiger partial charge in [0.05, 0.1) is 0 Å². The maximum absolute atomic E-state index is 12.9. The second-order valence-corrected chi connectivity index (χ2v) is 7.95. The summed E-state index contributed by atoms with van der Waals surface area (Å²) < 4.78 is 5.49. The van der Waals surface area contributed by atoms with Gasteiger partial charge in [0, 0.05) is 30.4 Å². The molecule has 29 heavy (non-hydrogen) atoms. The minimum Gasteiger partial charge on any atom is -0.443 e. The van der Waals surface area contributed by atoms with Crippen molar-refractivity contribution in [2.24, 2.45) is 0 Å². The molecule has 2 aromatic carbocycles. The Morgan fingerprint density at radius 1 is 1.03 bits per heavy atom. The molecule has 1 fully saturated rings. The van der Waals surface area contributed by atoms with E-state index in [4.69, 9.17) is 4.42 Å². The van der Waals surface area contributed by atoms with Crippen LogP contribution in [0.25, 0.3) is 11.3 Å². The van der Waals surface area contributed by atoms with Crippen molar-refractivity contribution in [3.63, 3.8) is 0 Å². The Morgan fingerprint density at radius 2 is 1.83 bits per heavy atom. The number of amides is 1. The molecule has 5 nitrogen and oxygen atoms in total. The third-order valence-electron chi connectivity index (χ3n) is 6.21. The number of rotatable bonds is 4. The van der Waals surface area contributed by atoms with Gasteiger partial charge < -0.3 is 9.73 Å². The summed E-state index contributed by atoms with van der Waals surface area (Å²) in [5.41, 5.74) is 4.70. The van der Waals surface area contributed by atoms with Gasteiger partial charge in [0.1, 0.15) is 0 Å². The SMILES string of the molecule is O=C(Nc1ccc2c(c1)CCN(C1CCC1)CC2)c1ncoc1-c1ccccc1. The van der Waals surface area contributed by atoms with Crippen LogP contribution in [-0.2, 0) is 12.8 Å². The summed E-state index contributed by atoms with van der Waals surface area (Å²) in [6.07, 6.45) is 7.51. The van der Waals surface area contributed by atoms with Crippen LogP contribution in [0.3, 0.4) is 0 Å². The highest BCUT2D eigenvalue weighted by Gasteiger charge is 2.26. The van der Waals surface area contributed by atoms with Crippen LogP contribution in [0, 0.1) is 0 Å². The summed E-state index contributed by atoms with van der Waals surface area (Å²) in [6.45, 7) is 2.25. The second-order valence-electron chi connectivity index (χ2n) is 7.95. The second kappa shape index (κ2) is 7.84. The molecule has 1 amide bonds. The number of hydrogen-bond donors (Lipinski definition) is 1. The summed E-state index contributed by atoms with van der Waals surface area (Å²) in [6, 6.07) is 16.7. The lowest BCUT2D eigenvalue weighted by Crippen LogP contribution is -2.41.